The largest absolute Gasteiger partial charge is 0.497 e. The molecule has 0 saturated heterocycles. The number of nitrogens with one attached hydrogen (secondary N) is 2. The van der Waals surface area contributed by atoms with Crippen LogP contribution in [-0.4, -0.2) is 22.9 Å². The lowest BCUT2D eigenvalue weighted by Gasteiger charge is -2.01. The first-order valence-corrected chi connectivity index (χ1v) is 7.54. The number of hydrogen-bond donors (Lipinski definition) is 2. The number of anilines is 1. The highest BCUT2D eigenvalue weighted by Gasteiger charge is 2.26. The Balaban J connectivity index is 1.87. The summed E-state index contributed by atoms with van der Waals surface area (Å²) in [4.78, 5) is 26.0. The van der Waals surface area contributed by atoms with Gasteiger partial charge in [0, 0.05) is 51.6 Å². The van der Waals surface area contributed by atoms with E-state index in [9.17, 15) is 14.9 Å². The number of rotatable bonds is 3. The van der Waals surface area contributed by atoms with Crippen molar-refractivity contribution in [1.29, 1.82) is 0 Å². The summed E-state index contributed by atoms with van der Waals surface area (Å²) in [6, 6.07) is 9.94. The minimum atomic E-state index is -0.475. The van der Waals surface area contributed by atoms with E-state index in [0.717, 1.165) is 16.5 Å². The van der Waals surface area contributed by atoms with Crippen molar-refractivity contribution in [2.24, 2.45) is 0 Å². The summed E-state index contributed by atoms with van der Waals surface area (Å²) < 4.78 is 5.25. The fraction of sp³-hybridized carbons (Fsp3) is 0.0556. The lowest BCUT2D eigenvalue weighted by molar-refractivity contribution is -0.384. The number of ether oxygens (including phenoxy) is 1. The number of carbonyl (C=O) groups excluding carboxylic acids is 1. The molecule has 0 saturated carbocycles. The molecule has 7 nitrogen and oxygen atoms in total. The Kier molecular flexibility index (Phi) is 3.28. The number of aromatic amines is 1. The second-order valence-electron chi connectivity index (χ2n) is 5.65. The topological polar surface area (TPSA) is 97.3 Å². The van der Waals surface area contributed by atoms with Crippen molar-refractivity contribution in [3.63, 3.8) is 0 Å². The van der Waals surface area contributed by atoms with Crippen molar-refractivity contribution < 1.29 is 14.5 Å². The molecule has 0 radical (unpaired) electrons. The van der Waals surface area contributed by atoms with Crippen molar-refractivity contribution >= 4 is 39.8 Å². The van der Waals surface area contributed by atoms with Crippen molar-refractivity contribution in [2.45, 2.75) is 0 Å². The van der Waals surface area contributed by atoms with Gasteiger partial charge in [-0.25, -0.2) is 0 Å². The highest BCUT2D eigenvalue weighted by molar-refractivity contribution is 6.35. The molecule has 124 valence electrons. The van der Waals surface area contributed by atoms with Gasteiger partial charge < -0.3 is 15.0 Å². The third-order valence-corrected chi connectivity index (χ3v) is 4.22. The molecule has 0 aliphatic carbocycles. The van der Waals surface area contributed by atoms with Crippen molar-refractivity contribution in [2.75, 3.05) is 12.4 Å². The molecule has 0 spiro atoms. The molecule has 0 fully saturated rings. The Morgan fingerprint density at radius 2 is 2.04 bits per heavy atom. The molecule has 1 amide bonds. The molecular formula is C18H13N3O4. The Hall–Kier alpha value is -3.61. The summed E-state index contributed by atoms with van der Waals surface area (Å²) in [7, 11) is 1.59. The summed E-state index contributed by atoms with van der Waals surface area (Å²) >= 11 is 0. The molecule has 1 aliphatic heterocycles. The van der Waals surface area contributed by atoms with Crippen LogP contribution in [0.4, 0.5) is 11.4 Å². The molecule has 2 heterocycles. The third-order valence-electron chi connectivity index (χ3n) is 4.22. The number of fused-ring (bicyclic) bond motifs is 2. The molecule has 3 aromatic rings. The molecule has 0 bridgehead atoms. The van der Waals surface area contributed by atoms with E-state index in [4.69, 9.17) is 4.74 Å². The zero-order valence-electron chi connectivity index (χ0n) is 13.2. The summed E-state index contributed by atoms with van der Waals surface area (Å²) in [5.74, 6) is 0.423. The van der Waals surface area contributed by atoms with Crippen LogP contribution in [0.2, 0.25) is 0 Å². The second kappa shape index (κ2) is 5.48. The van der Waals surface area contributed by atoms with Crippen molar-refractivity contribution in [1.82, 2.24) is 4.98 Å². The van der Waals surface area contributed by atoms with Gasteiger partial charge in [-0.15, -0.1) is 0 Å². The minimum absolute atomic E-state index is 0.0539. The van der Waals surface area contributed by atoms with Gasteiger partial charge in [-0.3, -0.25) is 14.9 Å². The van der Waals surface area contributed by atoms with Gasteiger partial charge in [0.1, 0.15) is 5.75 Å². The summed E-state index contributed by atoms with van der Waals surface area (Å²) in [5.41, 5.74) is 3.14. The van der Waals surface area contributed by atoms with E-state index in [2.05, 4.69) is 10.3 Å². The number of amides is 1. The van der Waals surface area contributed by atoms with Gasteiger partial charge in [0.05, 0.1) is 12.0 Å². The average Bonchev–Trinajstić information content (AvgIpc) is 3.15. The Bertz CT molecular complexity index is 1070. The van der Waals surface area contributed by atoms with Crippen LogP contribution in [0.3, 0.4) is 0 Å². The molecule has 2 aromatic carbocycles. The van der Waals surface area contributed by atoms with Gasteiger partial charge >= 0.3 is 0 Å². The molecule has 25 heavy (non-hydrogen) atoms. The molecular weight excluding hydrogens is 322 g/mol. The van der Waals surface area contributed by atoms with Gasteiger partial charge in [0.2, 0.25) is 0 Å². The van der Waals surface area contributed by atoms with Gasteiger partial charge in [0.25, 0.3) is 11.6 Å². The quantitative estimate of drug-likeness (QED) is 0.434. The number of nitrogens with zero attached hydrogens (tertiary/aromatic N) is 1. The smallest absolute Gasteiger partial charge is 0.270 e. The average molecular weight is 335 g/mol. The van der Waals surface area contributed by atoms with E-state index in [1.807, 2.05) is 18.2 Å². The lowest BCUT2D eigenvalue weighted by Crippen LogP contribution is -2.03. The maximum Gasteiger partial charge on any atom is 0.270 e. The summed E-state index contributed by atoms with van der Waals surface area (Å²) in [6.45, 7) is 0. The monoisotopic (exact) mass is 335 g/mol. The number of H-pyrrole nitrogens is 1. The molecule has 2 N–H and O–H groups in total. The number of hydrogen-bond acceptors (Lipinski definition) is 4. The van der Waals surface area contributed by atoms with Crippen LogP contribution in [0.1, 0.15) is 11.1 Å². The maximum absolute atomic E-state index is 12.3. The lowest BCUT2D eigenvalue weighted by atomic mass is 10.0. The number of methoxy groups -OCH3 is 1. The van der Waals surface area contributed by atoms with Gasteiger partial charge in [-0.05, 0) is 30.3 Å². The number of nitro benzene ring substituents is 1. The van der Waals surface area contributed by atoms with Crippen LogP contribution in [0.15, 0.2) is 42.6 Å². The highest BCUT2D eigenvalue weighted by atomic mass is 16.6. The SMILES string of the molecule is COc1ccc2[nH]cc(/C=C3\C(=O)Nc4ccc([N+](=O)[O-])cc43)c2c1. The van der Waals surface area contributed by atoms with E-state index >= 15 is 0 Å². The second-order valence-corrected chi connectivity index (χ2v) is 5.65. The number of non-ortho nitro benzene ring substituents is 1. The van der Waals surface area contributed by atoms with Crippen molar-refractivity contribution in [3.8, 4) is 5.75 Å². The normalized spacial score (nSPS) is 14.6. The maximum atomic E-state index is 12.3. The van der Waals surface area contributed by atoms with Crippen LogP contribution in [0, 0.1) is 10.1 Å². The number of nitro groups is 1. The highest BCUT2D eigenvalue weighted by Crippen LogP contribution is 2.36. The Labute approximate surface area is 142 Å². The van der Waals surface area contributed by atoms with E-state index in [1.165, 1.54) is 12.1 Å². The van der Waals surface area contributed by atoms with Crippen LogP contribution in [0.25, 0.3) is 22.6 Å². The molecule has 0 atom stereocenters. The van der Waals surface area contributed by atoms with E-state index in [-0.39, 0.29) is 11.6 Å². The fourth-order valence-electron chi connectivity index (χ4n) is 2.96. The first kappa shape index (κ1) is 14.9. The summed E-state index contributed by atoms with van der Waals surface area (Å²) in [5, 5.41) is 14.6. The van der Waals surface area contributed by atoms with E-state index < -0.39 is 4.92 Å². The van der Waals surface area contributed by atoms with Crippen LogP contribution in [0.5, 0.6) is 5.75 Å². The predicted octanol–water partition coefficient (Wildman–Crippen LogP) is 3.58. The van der Waals surface area contributed by atoms with Gasteiger partial charge in [-0.2, -0.15) is 0 Å². The van der Waals surface area contributed by atoms with Crippen LogP contribution in [-0.2, 0) is 4.79 Å². The first-order chi connectivity index (χ1) is 12.1. The standard InChI is InChI=1S/C18H13N3O4/c1-25-12-3-5-16-13(8-12)10(9-19-16)6-15-14-7-11(21(23)24)2-4-17(14)20-18(15)22/h2-9,19H,1H3,(H,20,22)/b15-6-. The number of aromatic nitrogens is 1. The van der Waals surface area contributed by atoms with Gasteiger partial charge in [-0.1, -0.05) is 0 Å². The Morgan fingerprint density at radius 3 is 2.80 bits per heavy atom. The predicted molar refractivity (Wildman–Crippen MR) is 94.4 cm³/mol. The van der Waals surface area contributed by atoms with Gasteiger partial charge in [0.15, 0.2) is 0 Å². The van der Waals surface area contributed by atoms with E-state index in [0.29, 0.717) is 22.6 Å². The fourth-order valence-corrected chi connectivity index (χ4v) is 2.96. The molecule has 0 unspecified atom stereocenters. The van der Waals surface area contributed by atoms with Crippen LogP contribution >= 0.6 is 0 Å². The number of benzene rings is 2. The molecule has 1 aromatic heterocycles. The number of carbonyl (C=O) groups is 1. The Morgan fingerprint density at radius 1 is 1.20 bits per heavy atom. The molecule has 7 heteroatoms. The van der Waals surface area contributed by atoms with E-state index in [1.54, 1.807) is 25.4 Å². The third kappa shape index (κ3) is 2.42. The zero-order chi connectivity index (χ0) is 17.6. The molecule has 4 rings (SSSR count). The van der Waals surface area contributed by atoms with Crippen molar-refractivity contribution in [3.05, 3.63) is 63.8 Å². The first-order valence-electron chi connectivity index (χ1n) is 7.54. The minimum Gasteiger partial charge on any atom is -0.497 e. The molecule has 1 aliphatic rings. The van der Waals surface area contributed by atoms with Crippen LogP contribution < -0.4 is 10.1 Å². The summed E-state index contributed by atoms with van der Waals surface area (Å²) in [6.07, 6.45) is 3.52. The zero-order valence-corrected chi connectivity index (χ0v) is 13.2.